The molecule has 0 aromatic heterocycles. The molecule has 1 atom stereocenters. The van der Waals surface area contributed by atoms with Crippen molar-refractivity contribution >= 4 is 11.8 Å². The average molecular weight is 321 g/mol. The van der Waals surface area contributed by atoms with Crippen molar-refractivity contribution in [1.82, 2.24) is 9.80 Å². The highest BCUT2D eigenvalue weighted by atomic mass is 19.1. The van der Waals surface area contributed by atoms with Gasteiger partial charge in [-0.2, -0.15) is 0 Å². The first-order valence-corrected chi connectivity index (χ1v) is 7.93. The predicted octanol–water partition coefficient (Wildman–Crippen LogP) is 1.37. The molecule has 0 aliphatic carbocycles. The molecule has 1 heterocycles. The fraction of sp³-hybridized carbons (Fsp3) is 0.529. The molecule has 1 aliphatic rings. The third kappa shape index (κ3) is 4.76. The fourth-order valence-corrected chi connectivity index (χ4v) is 2.76. The average Bonchev–Trinajstić information content (AvgIpc) is 2.48. The van der Waals surface area contributed by atoms with E-state index in [1.165, 1.54) is 17.0 Å². The Morgan fingerprint density at radius 1 is 1.35 bits per heavy atom. The van der Waals surface area contributed by atoms with Crippen molar-refractivity contribution in [2.75, 3.05) is 19.6 Å². The summed E-state index contributed by atoms with van der Waals surface area (Å²) in [6.45, 7) is 5.32. The van der Waals surface area contributed by atoms with Crippen LogP contribution >= 0.6 is 0 Å². The van der Waals surface area contributed by atoms with Gasteiger partial charge in [-0.05, 0) is 30.0 Å². The molecule has 1 aromatic rings. The summed E-state index contributed by atoms with van der Waals surface area (Å²) in [6, 6.07) is 5.64. The molecule has 1 saturated heterocycles. The normalized spacial score (nSPS) is 16.8. The van der Waals surface area contributed by atoms with Crippen molar-refractivity contribution in [3.63, 3.8) is 0 Å². The monoisotopic (exact) mass is 321 g/mol. The molecule has 2 N–H and O–H groups in total. The van der Waals surface area contributed by atoms with Gasteiger partial charge in [0.15, 0.2) is 0 Å². The lowest BCUT2D eigenvalue weighted by atomic mass is 10.0. The molecule has 2 amide bonds. The highest BCUT2D eigenvalue weighted by Crippen LogP contribution is 2.13. The number of amides is 2. The van der Waals surface area contributed by atoms with Gasteiger partial charge in [0.2, 0.25) is 11.8 Å². The maximum atomic E-state index is 13.2. The Kier molecular flexibility index (Phi) is 5.71. The van der Waals surface area contributed by atoms with E-state index in [-0.39, 0.29) is 24.2 Å². The van der Waals surface area contributed by atoms with Gasteiger partial charge < -0.3 is 15.5 Å². The zero-order chi connectivity index (χ0) is 17.0. The van der Waals surface area contributed by atoms with Gasteiger partial charge in [-0.25, -0.2) is 4.39 Å². The second kappa shape index (κ2) is 7.55. The van der Waals surface area contributed by atoms with Gasteiger partial charge in [-0.1, -0.05) is 26.0 Å². The van der Waals surface area contributed by atoms with E-state index in [1.54, 1.807) is 17.0 Å². The first-order chi connectivity index (χ1) is 10.9. The van der Waals surface area contributed by atoms with Gasteiger partial charge >= 0.3 is 0 Å². The van der Waals surface area contributed by atoms with Gasteiger partial charge in [0, 0.05) is 19.6 Å². The van der Waals surface area contributed by atoms with E-state index in [4.69, 9.17) is 5.73 Å². The Balaban J connectivity index is 1.92. The third-order valence-corrected chi connectivity index (χ3v) is 3.94. The van der Waals surface area contributed by atoms with E-state index < -0.39 is 6.04 Å². The van der Waals surface area contributed by atoms with Crippen LogP contribution in [-0.4, -0.2) is 47.3 Å². The van der Waals surface area contributed by atoms with Crippen LogP contribution in [0.1, 0.15) is 25.8 Å². The topological polar surface area (TPSA) is 66.6 Å². The number of piperazine rings is 1. The van der Waals surface area contributed by atoms with Crippen LogP contribution in [0, 0.1) is 11.7 Å². The molecule has 1 fully saturated rings. The minimum atomic E-state index is -0.558. The Bertz CT molecular complexity index is 577. The van der Waals surface area contributed by atoms with E-state index >= 15 is 0 Å². The maximum absolute atomic E-state index is 13.2. The summed E-state index contributed by atoms with van der Waals surface area (Å²) < 4.78 is 13.2. The van der Waals surface area contributed by atoms with Gasteiger partial charge in [0.1, 0.15) is 5.82 Å². The van der Waals surface area contributed by atoms with Crippen LogP contribution in [0.2, 0.25) is 0 Å². The lowest BCUT2D eigenvalue weighted by molar-refractivity contribution is -0.146. The lowest BCUT2D eigenvalue weighted by Gasteiger charge is -2.35. The summed E-state index contributed by atoms with van der Waals surface area (Å²) in [6.07, 6.45) is 0.608. The van der Waals surface area contributed by atoms with Gasteiger partial charge in [0.25, 0.3) is 0 Å². The minimum absolute atomic E-state index is 0.0416. The fourth-order valence-electron chi connectivity index (χ4n) is 2.76. The number of hydrogen-bond donors (Lipinski definition) is 1. The van der Waals surface area contributed by atoms with Crippen LogP contribution < -0.4 is 5.73 Å². The van der Waals surface area contributed by atoms with Crippen molar-refractivity contribution in [2.24, 2.45) is 11.7 Å². The van der Waals surface area contributed by atoms with Crippen molar-refractivity contribution in [3.05, 3.63) is 35.6 Å². The predicted molar refractivity (Wildman–Crippen MR) is 85.8 cm³/mol. The van der Waals surface area contributed by atoms with Crippen molar-refractivity contribution in [1.29, 1.82) is 0 Å². The molecule has 0 unspecified atom stereocenters. The molecule has 0 spiro atoms. The molecule has 1 aliphatic heterocycles. The molecule has 0 saturated carbocycles. The zero-order valence-electron chi connectivity index (χ0n) is 13.7. The van der Waals surface area contributed by atoms with Crippen LogP contribution in [0.5, 0.6) is 0 Å². The summed E-state index contributed by atoms with van der Waals surface area (Å²) in [7, 11) is 0. The van der Waals surface area contributed by atoms with Crippen LogP contribution in [0.25, 0.3) is 0 Å². The first-order valence-electron chi connectivity index (χ1n) is 7.93. The van der Waals surface area contributed by atoms with Gasteiger partial charge in [0.05, 0.1) is 12.6 Å². The molecule has 23 heavy (non-hydrogen) atoms. The van der Waals surface area contributed by atoms with Crippen LogP contribution in [0.4, 0.5) is 4.39 Å². The number of benzene rings is 1. The molecule has 5 nitrogen and oxygen atoms in total. The number of nitrogens with zero attached hydrogens (tertiary/aromatic N) is 2. The van der Waals surface area contributed by atoms with E-state index in [9.17, 15) is 14.0 Å². The lowest BCUT2D eigenvalue weighted by Crippen LogP contribution is -2.55. The molecular weight excluding hydrogens is 297 g/mol. The molecule has 0 radical (unpaired) electrons. The molecular formula is C17H24FN3O2. The molecule has 126 valence electrons. The number of carbonyl (C=O) groups is 2. The third-order valence-electron chi connectivity index (χ3n) is 3.94. The summed E-state index contributed by atoms with van der Waals surface area (Å²) >= 11 is 0. The van der Waals surface area contributed by atoms with E-state index in [0.717, 1.165) is 5.56 Å². The highest BCUT2D eigenvalue weighted by Gasteiger charge is 2.29. The Morgan fingerprint density at radius 2 is 2.09 bits per heavy atom. The Morgan fingerprint density at radius 3 is 2.70 bits per heavy atom. The quantitative estimate of drug-likeness (QED) is 0.891. The summed E-state index contributed by atoms with van der Waals surface area (Å²) in [5.74, 6) is -0.287. The van der Waals surface area contributed by atoms with Crippen LogP contribution in [0.3, 0.4) is 0 Å². The smallest absolute Gasteiger partial charge is 0.242 e. The summed E-state index contributed by atoms with van der Waals surface area (Å²) in [4.78, 5) is 27.7. The molecule has 2 rings (SSSR count). The first kappa shape index (κ1) is 17.4. The van der Waals surface area contributed by atoms with Gasteiger partial charge in [-0.15, -0.1) is 0 Å². The summed E-state index contributed by atoms with van der Waals surface area (Å²) in [5, 5.41) is 0. The largest absolute Gasteiger partial charge is 0.335 e. The van der Waals surface area contributed by atoms with E-state index in [2.05, 4.69) is 0 Å². The second-order valence-electron chi connectivity index (χ2n) is 6.44. The maximum Gasteiger partial charge on any atom is 0.242 e. The van der Waals surface area contributed by atoms with Crippen molar-refractivity contribution in [2.45, 2.75) is 32.9 Å². The van der Waals surface area contributed by atoms with Crippen molar-refractivity contribution in [3.8, 4) is 0 Å². The van der Waals surface area contributed by atoms with Crippen molar-refractivity contribution < 1.29 is 14.0 Å². The molecule has 6 heteroatoms. The SMILES string of the molecule is CC(C)C[C@H](N)C(=O)N1CCN(Cc2cccc(F)c2)C(=O)C1. The number of hydrogen-bond acceptors (Lipinski definition) is 3. The van der Waals surface area contributed by atoms with E-state index in [1.807, 2.05) is 13.8 Å². The van der Waals surface area contributed by atoms with E-state index in [0.29, 0.717) is 32.0 Å². The van der Waals surface area contributed by atoms with Crippen LogP contribution in [-0.2, 0) is 16.1 Å². The Labute approximate surface area is 136 Å². The molecule has 1 aromatic carbocycles. The Hall–Kier alpha value is -1.95. The van der Waals surface area contributed by atoms with Gasteiger partial charge in [-0.3, -0.25) is 9.59 Å². The number of halogens is 1. The standard InChI is InChI=1S/C17H24FN3O2/c1-12(2)8-15(19)17(23)21-7-6-20(16(22)11-21)10-13-4-3-5-14(18)9-13/h3-5,9,12,15H,6-8,10-11,19H2,1-2H3/t15-/m0/s1. The highest BCUT2D eigenvalue weighted by molar-refractivity contribution is 5.88. The van der Waals surface area contributed by atoms with Crippen LogP contribution in [0.15, 0.2) is 24.3 Å². The number of nitrogens with two attached hydrogens (primary N) is 1. The summed E-state index contributed by atoms with van der Waals surface area (Å²) in [5.41, 5.74) is 6.66. The number of rotatable bonds is 5. The molecule has 0 bridgehead atoms. The zero-order valence-corrected chi connectivity index (χ0v) is 13.7. The minimum Gasteiger partial charge on any atom is -0.335 e. The second-order valence-corrected chi connectivity index (χ2v) is 6.44. The number of carbonyl (C=O) groups excluding carboxylic acids is 2.